The van der Waals surface area contributed by atoms with Gasteiger partial charge in [-0.3, -0.25) is 19.7 Å². The summed E-state index contributed by atoms with van der Waals surface area (Å²) in [6.45, 7) is 8.32. The van der Waals surface area contributed by atoms with Crippen LogP contribution in [0, 0.1) is 11.7 Å². The maximum Gasteiger partial charge on any atom is 0.243 e. The second kappa shape index (κ2) is 15.4. The zero-order valence-electron chi connectivity index (χ0n) is 24.0. The lowest BCUT2D eigenvalue weighted by Gasteiger charge is -2.29. The minimum atomic E-state index is -0.853. The summed E-state index contributed by atoms with van der Waals surface area (Å²) in [5.74, 6) is -0.895. The fourth-order valence-corrected chi connectivity index (χ4v) is 4.81. The van der Waals surface area contributed by atoms with Crippen molar-refractivity contribution in [1.82, 2.24) is 21.3 Å². The Hall–Kier alpha value is -3.46. The van der Waals surface area contributed by atoms with Crippen molar-refractivity contribution >= 4 is 17.7 Å². The van der Waals surface area contributed by atoms with Gasteiger partial charge in [-0.25, -0.2) is 4.39 Å². The van der Waals surface area contributed by atoms with Gasteiger partial charge in [0.15, 0.2) is 0 Å². The largest absolute Gasteiger partial charge is 0.492 e. The molecule has 0 fully saturated rings. The number of hydrogen-bond acceptors (Lipinski definition) is 5. The number of benzene rings is 2. The predicted octanol–water partition coefficient (Wildman–Crippen LogP) is 3.28. The number of aryl methyl sites for hydroxylation is 1. The molecule has 0 aliphatic carbocycles. The second-order valence-corrected chi connectivity index (χ2v) is 10.8. The Balaban J connectivity index is 1.90. The number of halogens is 1. The molecule has 0 saturated carbocycles. The number of hydrogen-bond donors (Lipinski definition) is 4. The van der Waals surface area contributed by atoms with Crippen LogP contribution in [0.3, 0.4) is 0 Å². The van der Waals surface area contributed by atoms with E-state index in [1.807, 2.05) is 52.0 Å². The molecule has 40 heavy (non-hydrogen) atoms. The number of fused-ring (bicyclic) bond motifs is 1. The predicted molar refractivity (Wildman–Crippen MR) is 153 cm³/mol. The van der Waals surface area contributed by atoms with E-state index >= 15 is 0 Å². The molecular weight excluding hydrogens is 511 g/mol. The van der Waals surface area contributed by atoms with Gasteiger partial charge in [0.05, 0.1) is 6.04 Å². The number of nitrogens with one attached hydrogen (secondary N) is 4. The molecule has 0 saturated heterocycles. The Morgan fingerprint density at radius 1 is 0.975 bits per heavy atom. The summed E-state index contributed by atoms with van der Waals surface area (Å²) in [6, 6.07) is 11.4. The zero-order chi connectivity index (χ0) is 29.1. The SMILES string of the molecule is CCC[C@@H]1NC(=O)[C@@H](C(C)C)NC(=O)[C@@H](Cc2cccc(F)c2)N[C@@H](C)COc2ccccc2CCCNC1=O. The Bertz CT molecular complexity index is 1140. The first-order valence-corrected chi connectivity index (χ1v) is 14.3. The molecule has 0 aromatic heterocycles. The molecule has 1 aliphatic rings. The molecule has 1 aliphatic heterocycles. The Labute approximate surface area is 236 Å². The van der Waals surface area contributed by atoms with Crippen molar-refractivity contribution in [3.63, 3.8) is 0 Å². The van der Waals surface area contributed by atoms with Crippen LogP contribution in [0.5, 0.6) is 5.75 Å². The summed E-state index contributed by atoms with van der Waals surface area (Å²) in [5.41, 5.74) is 1.68. The van der Waals surface area contributed by atoms with Crippen molar-refractivity contribution in [2.45, 2.75) is 84.0 Å². The second-order valence-electron chi connectivity index (χ2n) is 10.8. The molecule has 0 bridgehead atoms. The van der Waals surface area contributed by atoms with E-state index < -0.39 is 24.0 Å². The van der Waals surface area contributed by atoms with E-state index in [2.05, 4.69) is 21.3 Å². The molecule has 0 spiro atoms. The highest BCUT2D eigenvalue weighted by Gasteiger charge is 2.31. The normalized spacial score (nSPS) is 23.6. The Morgan fingerprint density at radius 2 is 1.75 bits per heavy atom. The van der Waals surface area contributed by atoms with E-state index in [1.165, 1.54) is 12.1 Å². The molecular formula is C31H43FN4O4. The molecule has 2 aromatic carbocycles. The molecule has 3 rings (SSSR count). The molecule has 9 heteroatoms. The molecule has 8 nitrogen and oxygen atoms in total. The van der Waals surface area contributed by atoms with Gasteiger partial charge in [0.1, 0.15) is 30.3 Å². The number of amides is 3. The average Bonchev–Trinajstić information content (AvgIpc) is 2.91. The zero-order valence-corrected chi connectivity index (χ0v) is 24.0. The summed E-state index contributed by atoms with van der Waals surface area (Å²) in [5, 5.41) is 12.0. The van der Waals surface area contributed by atoms with Gasteiger partial charge in [0, 0.05) is 12.6 Å². The number of ether oxygens (including phenoxy) is 1. The van der Waals surface area contributed by atoms with E-state index in [0.29, 0.717) is 44.4 Å². The molecule has 4 N–H and O–H groups in total. The van der Waals surface area contributed by atoms with E-state index in [0.717, 1.165) is 11.3 Å². The first kappa shape index (κ1) is 31.1. The van der Waals surface area contributed by atoms with Gasteiger partial charge in [-0.15, -0.1) is 0 Å². The van der Waals surface area contributed by atoms with Crippen LogP contribution in [0.2, 0.25) is 0 Å². The fourth-order valence-electron chi connectivity index (χ4n) is 4.81. The van der Waals surface area contributed by atoms with Crippen molar-refractivity contribution in [1.29, 1.82) is 0 Å². The Morgan fingerprint density at radius 3 is 2.48 bits per heavy atom. The monoisotopic (exact) mass is 554 g/mol. The third kappa shape index (κ3) is 9.33. The van der Waals surface area contributed by atoms with Crippen LogP contribution in [0.25, 0.3) is 0 Å². The molecule has 0 unspecified atom stereocenters. The number of para-hydroxylation sites is 1. The highest BCUT2D eigenvalue weighted by molar-refractivity contribution is 5.93. The first-order chi connectivity index (χ1) is 19.2. The molecule has 218 valence electrons. The van der Waals surface area contributed by atoms with Crippen LogP contribution in [-0.2, 0) is 27.2 Å². The quantitative estimate of drug-likeness (QED) is 0.454. The van der Waals surface area contributed by atoms with Gasteiger partial charge in [-0.1, -0.05) is 57.5 Å². The van der Waals surface area contributed by atoms with Crippen LogP contribution in [-0.4, -0.2) is 55.0 Å². The van der Waals surface area contributed by atoms with Gasteiger partial charge in [0.2, 0.25) is 17.7 Å². The number of carbonyl (C=O) groups is 3. The van der Waals surface area contributed by atoms with Crippen LogP contribution >= 0.6 is 0 Å². The van der Waals surface area contributed by atoms with Crippen molar-refractivity contribution in [2.24, 2.45) is 5.92 Å². The number of rotatable bonds is 5. The lowest BCUT2D eigenvalue weighted by atomic mass is 9.99. The summed E-state index contributed by atoms with van der Waals surface area (Å²) in [4.78, 5) is 39.9. The van der Waals surface area contributed by atoms with E-state index in [9.17, 15) is 18.8 Å². The van der Waals surface area contributed by atoms with E-state index in [1.54, 1.807) is 12.1 Å². The molecule has 3 amide bonds. The van der Waals surface area contributed by atoms with Gasteiger partial charge in [0.25, 0.3) is 0 Å². The van der Waals surface area contributed by atoms with E-state index in [-0.39, 0.29) is 36.0 Å². The van der Waals surface area contributed by atoms with Gasteiger partial charge in [-0.2, -0.15) is 0 Å². The minimum Gasteiger partial charge on any atom is -0.492 e. The van der Waals surface area contributed by atoms with Crippen molar-refractivity contribution in [2.75, 3.05) is 13.2 Å². The topological polar surface area (TPSA) is 109 Å². The first-order valence-electron chi connectivity index (χ1n) is 14.3. The van der Waals surface area contributed by atoms with E-state index in [4.69, 9.17) is 4.74 Å². The summed E-state index contributed by atoms with van der Waals surface area (Å²) in [6.07, 6.45) is 2.83. The standard InChI is InChI=1S/C31H43FN4O4/c1-5-10-25-29(37)33-16-9-13-23-12-6-7-15-27(23)40-19-21(4)34-26(18-22-11-8-14-24(32)17-22)30(38)36-28(20(2)3)31(39)35-25/h6-8,11-12,14-15,17,20-21,25-26,28,34H,5,9-10,13,16,18-19H2,1-4H3,(H,33,37)(H,35,39)(H,36,38)/t21-,25-,26+,28+/m0/s1. The molecule has 1 heterocycles. The van der Waals surface area contributed by atoms with Crippen LogP contribution in [0.15, 0.2) is 48.5 Å². The summed E-state index contributed by atoms with van der Waals surface area (Å²) >= 11 is 0. The minimum absolute atomic E-state index is 0.220. The summed E-state index contributed by atoms with van der Waals surface area (Å²) in [7, 11) is 0. The highest BCUT2D eigenvalue weighted by atomic mass is 19.1. The maximum absolute atomic E-state index is 13.9. The van der Waals surface area contributed by atoms with Crippen molar-refractivity contribution in [3.05, 3.63) is 65.5 Å². The van der Waals surface area contributed by atoms with Gasteiger partial charge < -0.3 is 20.7 Å². The van der Waals surface area contributed by atoms with Gasteiger partial charge in [-0.05, 0) is 67.9 Å². The molecule has 4 atom stereocenters. The van der Waals surface area contributed by atoms with Crippen LogP contribution in [0.4, 0.5) is 4.39 Å². The fraction of sp³-hybridized carbons (Fsp3) is 0.516. The van der Waals surface area contributed by atoms with Crippen LogP contribution < -0.4 is 26.0 Å². The maximum atomic E-state index is 13.9. The highest BCUT2D eigenvalue weighted by Crippen LogP contribution is 2.20. The lowest BCUT2D eigenvalue weighted by Crippen LogP contribution is -2.59. The lowest BCUT2D eigenvalue weighted by molar-refractivity contribution is -0.133. The van der Waals surface area contributed by atoms with Crippen molar-refractivity contribution < 1.29 is 23.5 Å². The Kier molecular flexibility index (Phi) is 11.9. The average molecular weight is 555 g/mol. The summed E-state index contributed by atoms with van der Waals surface area (Å²) < 4.78 is 20.1. The smallest absolute Gasteiger partial charge is 0.243 e. The third-order valence-electron chi connectivity index (χ3n) is 6.97. The van der Waals surface area contributed by atoms with Crippen LogP contribution in [0.1, 0.15) is 58.1 Å². The van der Waals surface area contributed by atoms with Gasteiger partial charge >= 0.3 is 0 Å². The third-order valence-corrected chi connectivity index (χ3v) is 6.97. The van der Waals surface area contributed by atoms with Crippen molar-refractivity contribution in [3.8, 4) is 5.75 Å². The molecule has 2 aromatic rings. The number of carbonyl (C=O) groups excluding carboxylic acids is 3. The molecule has 0 radical (unpaired) electrons.